The van der Waals surface area contributed by atoms with Crippen LogP contribution < -0.4 is 0 Å². The standard InChI is InChI=1S/C11H16ClO6PS/c1-9(2)7-17-19(13,14)8-18-20(15,16)11-6-4-3-5-10(11)12/h3-6,9H,7-8H2,1-2H3,(H,13,14). The van der Waals surface area contributed by atoms with E-state index in [1.807, 2.05) is 0 Å². The van der Waals surface area contributed by atoms with Gasteiger partial charge in [0.25, 0.3) is 10.1 Å². The van der Waals surface area contributed by atoms with Gasteiger partial charge in [0, 0.05) is 0 Å². The Labute approximate surface area is 123 Å². The molecule has 0 aliphatic rings. The molecular formula is C11H16ClO6PS. The van der Waals surface area contributed by atoms with Crippen molar-refractivity contribution in [1.82, 2.24) is 0 Å². The zero-order chi connectivity index (χ0) is 15.4. The smallest absolute Gasteiger partial charge is 0.323 e. The van der Waals surface area contributed by atoms with Crippen LogP contribution in [0.5, 0.6) is 0 Å². The zero-order valence-corrected chi connectivity index (χ0v) is 13.5. The monoisotopic (exact) mass is 342 g/mol. The molecule has 0 spiro atoms. The number of hydrogen-bond donors (Lipinski definition) is 1. The van der Waals surface area contributed by atoms with Crippen LogP contribution >= 0.6 is 19.2 Å². The number of halogens is 1. The second-order valence-electron chi connectivity index (χ2n) is 4.46. The summed E-state index contributed by atoms with van der Waals surface area (Å²) in [5, 5.41) is -0.0247. The summed E-state index contributed by atoms with van der Waals surface area (Å²) in [7, 11) is -8.33. The lowest BCUT2D eigenvalue weighted by molar-refractivity contribution is 0.209. The van der Waals surface area contributed by atoms with Crippen LogP contribution in [-0.2, 0) is 23.4 Å². The van der Waals surface area contributed by atoms with Gasteiger partial charge in [-0.15, -0.1) is 0 Å². The van der Waals surface area contributed by atoms with Crippen LogP contribution in [0.4, 0.5) is 0 Å². The van der Waals surface area contributed by atoms with Gasteiger partial charge in [-0.25, -0.2) is 0 Å². The molecule has 6 nitrogen and oxygen atoms in total. The van der Waals surface area contributed by atoms with Crippen molar-refractivity contribution < 1.29 is 26.6 Å². The topological polar surface area (TPSA) is 89.9 Å². The fourth-order valence-electron chi connectivity index (χ4n) is 1.15. The largest absolute Gasteiger partial charge is 0.355 e. The summed E-state index contributed by atoms with van der Waals surface area (Å²) >= 11 is 5.74. The van der Waals surface area contributed by atoms with Gasteiger partial charge in [0.05, 0.1) is 11.6 Å². The molecule has 0 radical (unpaired) electrons. The molecule has 114 valence electrons. The molecule has 0 saturated carbocycles. The van der Waals surface area contributed by atoms with Gasteiger partial charge in [0.15, 0.2) is 6.35 Å². The zero-order valence-electron chi connectivity index (χ0n) is 11.0. The molecule has 0 fully saturated rings. The van der Waals surface area contributed by atoms with Crippen LogP contribution in [0.25, 0.3) is 0 Å². The first-order valence-corrected chi connectivity index (χ1v) is 9.29. The van der Waals surface area contributed by atoms with Crippen molar-refractivity contribution in [2.45, 2.75) is 18.7 Å². The quantitative estimate of drug-likeness (QED) is 0.605. The number of rotatable bonds is 7. The molecule has 0 heterocycles. The minimum atomic E-state index is -4.21. The molecular weight excluding hydrogens is 327 g/mol. The average Bonchev–Trinajstić information content (AvgIpc) is 2.35. The molecule has 1 N–H and O–H groups in total. The molecule has 0 aromatic heterocycles. The molecule has 0 saturated heterocycles. The summed E-state index contributed by atoms with van der Waals surface area (Å²) in [6, 6.07) is 5.65. The van der Waals surface area contributed by atoms with E-state index in [1.165, 1.54) is 18.2 Å². The van der Waals surface area contributed by atoms with Crippen LogP contribution in [0.1, 0.15) is 13.8 Å². The Hall–Kier alpha value is -0.430. The Bertz CT molecular complexity index is 601. The summed E-state index contributed by atoms with van der Waals surface area (Å²) < 4.78 is 44.6. The highest BCUT2D eigenvalue weighted by molar-refractivity contribution is 7.87. The van der Waals surface area contributed by atoms with E-state index in [2.05, 4.69) is 4.18 Å². The van der Waals surface area contributed by atoms with E-state index in [4.69, 9.17) is 16.1 Å². The molecule has 1 rings (SSSR count). The first kappa shape index (κ1) is 17.6. The van der Waals surface area contributed by atoms with Gasteiger partial charge >= 0.3 is 7.60 Å². The minimum absolute atomic E-state index is 0.0247. The van der Waals surface area contributed by atoms with Crippen LogP contribution in [0.3, 0.4) is 0 Å². The molecule has 20 heavy (non-hydrogen) atoms. The van der Waals surface area contributed by atoms with Crippen LogP contribution in [-0.4, -0.2) is 26.3 Å². The van der Waals surface area contributed by atoms with Crippen LogP contribution in [0, 0.1) is 5.92 Å². The molecule has 0 amide bonds. The third kappa shape index (κ3) is 5.52. The van der Waals surface area contributed by atoms with E-state index in [9.17, 15) is 17.9 Å². The SMILES string of the molecule is CC(C)COP(=O)(O)COS(=O)(=O)c1ccccc1Cl. The molecule has 1 aromatic rings. The van der Waals surface area contributed by atoms with Gasteiger partial charge in [0.1, 0.15) is 4.90 Å². The lowest BCUT2D eigenvalue weighted by Gasteiger charge is -2.14. The van der Waals surface area contributed by atoms with Crippen molar-refractivity contribution in [2.24, 2.45) is 5.92 Å². The van der Waals surface area contributed by atoms with Gasteiger partial charge in [-0.05, 0) is 18.1 Å². The molecule has 0 aliphatic carbocycles. The highest BCUT2D eigenvalue weighted by Crippen LogP contribution is 2.43. The predicted octanol–water partition coefficient (Wildman–Crippen LogP) is 2.86. The fraction of sp³-hybridized carbons (Fsp3) is 0.455. The highest BCUT2D eigenvalue weighted by Gasteiger charge is 2.26. The Kier molecular flexibility index (Phi) is 6.19. The molecule has 1 atom stereocenters. The maximum atomic E-state index is 11.8. The maximum absolute atomic E-state index is 11.8. The fourth-order valence-corrected chi connectivity index (χ4v) is 3.94. The third-order valence-corrected chi connectivity index (χ3v) is 5.03. The average molecular weight is 343 g/mol. The van der Waals surface area contributed by atoms with E-state index < -0.39 is 24.1 Å². The first-order valence-electron chi connectivity index (χ1n) is 5.74. The van der Waals surface area contributed by atoms with Gasteiger partial charge < -0.3 is 9.42 Å². The van der Waals surface area contributed by atoms with E-state index >= 15 is 0 Å². The van der Waals surface area contributed by atoms with Gasteiger partial charge in [0.2, 0.25) is 0 Å². The molecule has 1 unspecified atom stereocenters. The summed E-state index contributed by atoms with van der Waals surface area (Å²) in [6.45, 7) is 3.62. The Balaban J connectivity index is 2.74. The second-order valence-corrected chi connectivity index (χ2v) is 8.24. The maximum Gasteiger partial charge on any atom is 0.355 e. The van der Waals surface area contributed by atoms with Gasteiger partial charge in [-0.2, -0.15) is 8.42 Å². The third-order valence-electron chi connectivity index (χ3n) is 2.09. The van der Waals surface area contributed by atoms with Crippen molar-refractivity contribution in [1.29, 1.82) is 0 Å². The van der Waals surface area contributed by atoms with Gasteiger partial charge in [-0.3, -0.25) is 8.75 Å². The van der Waals surface area contributed by atoms with E-state index in [0.29, 0.717) is 0 Å². The van der Waals surface area contributed by atoms with E-state index in [0.717, 1.165) is 0 Å². The Morgan fingerprint density at radius 1 is 1.35 bits per heavy atom. The predicted molar refractivity (Wildman–Crippen MR) is 75.2 cm³/mol. The Morgan fingerprint density at radius 3 is 2.50 bits per heavy atom. The van der Waals surface area contributed by atoms with Crippen molar-refractivity contribution in [3.05, 3.63) is 29.3 Å². The summed E-state index contributed by atoms with van der Waals surface area (Å²) in [5.41, 5.74) is 0. The van der Waals surface area contributed by atoms with E-state index in [-0.39, 0.29) is 22.4 Å². The van der Waals surface area contributed by atoms with Crippen molar-refractivity contribution in [3.8, 4) is 0 Å². The number of hydrogen-bond acceptors (Lipinski definition) is 5. The molecule has 0 aliphatic heterocycles. The summed E-state index contributed by atoms with van der Waals surface area (Å²) in [4.78, 5) is 9.20. The second kappa shape index (κ2) is 7.02. The lowest BCUT2D eigenvalue weighted by Crippen LogP contribution is -2.10. The molecule has 0 bridgehead atoms. The Morgan fingerprint density at radius 2 is 1.95 bits per heavy atom. The molecule has 1 aromatic carbocycles. The minimum Gasteiger partial charge on any atom is -0.323 e. The number of benzene rings is 1. The first-order chi connectivity index (χ1) is 9.14. The summed E-state index contributed by atoms with van der Waals surface area (Å²) in [6.07, 6.45) is -0.951. The van der Waals surface area contributed by atoms with Crippen molar-refractivity contribution >= 4 is 29.3 Å². The van der Waals surface area contributed by atoms with Crippen molar-refractivity contribution in [2.75, 3.05) is 13.0 Å². The van der Waals surface area contributed by atoms with E-state index in [1.54, 1.807) is 19.9 Å². The van der Waals surface area contributed by atoms with Crippen LogP contribution in [0.2, 0.25) is 5.02 Å². The van der Waals surface area contributed by atoms with Crippen LogP contribution in [0.15, 0.2) is 29.2 Å². The summed E-state index contributed by atoms with van der Waals surface area (Å²) in [5.74, 6) is 0.0376. The van der Waals surface area contributed by atoms with Crippen molar-refractivity contribution in [3.63, 3.8) is 0 Å². The lowest BCUT2D eigenvalue weighted by atomic mass is 10.2. The van der Waals surface area contributed by atoms with Gasteiger partial charge in [-0.1, -0.05) is 37.6 Å². The highest BCUT2D eigenvalue weighted by atomic mass is 35.5. The molecule has 9 heteroatoms. The normalized spacial score (nSPS) is 15.2.